The summed E-state index contributed by atoms with van der Waals surface area (Å²) in [6, 6.07) is 14.0. The van der Waals surface area contributed by atoms with Crippen LogP contribution in [0, 0.1) is 0 Å². The van der Waals surface area contributed by atoms with Gasteiger partial charge >= 0.3 is 5.97 Å². The molecule has 1 aromatic heterocycles. The summed E-state index contributed by atoms with van der Waals surface area (Å²) in [6.07, 6.45) is 0.885. The smallest absolute Gasteiger partial charge is 0.328 e. The van der Waals surface area contributed by atoms with E-state index in [-0.39, 0.29) is 18.6 Å². The number of fused-ring (bicyclic) bond motifs is 1. The number of aromatic nitrogens is 1. The highest BCUT2D eigenvalue weighted by molar-refractivity contribution is 6.30. The summed E-state index contributed by atoms with van der Waals surface area (Å²) in [6.45, 7) is 1.29. The van der Waals surface area contributed by atoms with Crippen LogP contribution in [0.5, 0.6) is 0 Å². The summed E-state index contributed by atoms with van der Waals surface area (Å²) in [5.41, 5.74) is 1.32. The molecule has 1 fully saturated rings. The molecule has 8 nitrogen and oxygen atoms in total. The number of aromatic amines is 1. The van der Waals surface area contributed by atoms with Gasteiger partial charge in [-0.2, -0.15) is 0 Å². The van der Waals surface area contributed by atoms with Crippen LogP contribution in [0.2, 0.25) is 5.02 Å². The highest BCUT2D eigenvalue weighted by Crippen LogP contribution is 2.18. The monoisotopic (exact) mass is 484 g/mol. The van der Waals surface area contributed by atoms with Gasteiger partial charge in [0.05, 0.1) is 19.8 Å². The zero-order valence-electron chi connectivity index (χ0n) is 18.4. The number of carbonyl (C=O) groups excluding carboxylic acids is 2. The van der Waals surface area contributed by atoms with Crippen molar-refractivity contribution >= 4 is 34.4 Å². The number of H-pyrrole nitrogens is 1. The van der Waals surface area contributed by atoms with Crippen LogP contribution >= 0.6 is 11.6 Å². The van der Waals surface area contributed by atoms with Gasteiger partial charge in [0.2, 0.25) is 5.56 Å². The zero-order valence-corrected chi connectivity index (χ0v) is 19.2. The Labute approximate surface area is 201 Å². The van der Waals surface area contributed by atoms with Crippen LogP contribution in [0.15, 0.2) is 59.4 Å². The number of ether oxygens (including phenoxy) is 3. The van der Waals surface area contributed by atoms with Gasteiger partial charge in [-0.05, 0) is 42.3 Å². The molecule has 0 spiro atoms. The summed E-state index contributed by atoms with van der Waals surface area (Å²) < 4.78 is 16.4. The van der Waals surface area contributed by atoms with Crippen LogP contribution in [0.3, 0.4) is 0 Å². The average molecular weight is 485 g/mol. The Morgan fingerprint density at radius 2 is 1.85 bits per heavy atom. The van der Waals surface area contributed by atoms with E-state index in [2.05, 4.69) is 10.3 Å². The van der Waals surface area contributed by atoms with E-state index in [9.17, 15) is 14.4 Å². The van der Waals surface area contributed by atoms with Gasteiger partial charge in [-0.1, -0.05) is 29.8 Å². The molecule has 3 aromatic rings. The SMILES string of the molecule is O=C(NC(Cc1cc(=O)[nH]c2ccccc12)C(=O)OCCC1OCCCO1)c1ccc(Cl)cc1. The Kier molecular flexibility index (Phi) is 7.95. The molecule has 0 aliphatic carbocycles. The maximum absolute atomic E-state index is 13.0. The third kappa shape index (κ3) is 6.22. The first-order valence-electron chi connectivity index (χ1n) is 11.1. The number of esters is 1. The topological polar surface area (TPSA) is 107 Å². The van der Waals surface area contributed by atoms with Crippen LogP contribution in [0.4, 0.5) is 0 Å². The van der Waals surface area contributed by atoms with E-state index in [4.69, 9.17) is 25.8 Å². The van der Waals surface area contributed by atoms with E-state index in [0.29, 0.717) is 41.3 Å². The second-order valence-electron chi connectivity index (χ2n) is 7.92. The van der Waals surface area contributed by atoms with Crippen molar-refractivity contribution in [1.29, 1.82) is 0 Å². The largest absolute Gasteiger partial charge is 0.464 e. The minimum atomic E-state index is -1.01. The standard InChI is InChI=1S/C25H25ClN2O6/c26-18-8-6-16(7-9-18)24(30)28-21(25(31)34-13-10-23-32-11-3-12-33-23)14-17-15-22(29)27-20-5-2-1-4-19(17)20/h1-2,4-9,15,21,23H,3,10-14H2,(H,27,29)(H,28,30). The summed E-state index contributed by atoms with van der Waals surface area (Å²) in [5, 5.41) is 4.02. The lowest BCUT2D eigenvalue weighted by Gasteiger charge is -2.23. The van der Waals surface area contributed by atoms with Crippen molar-refractivity contribution in [3.63, 3.8) is 0 Å². The van der Waals surface area contributed by atoms with Crippen molar-refractivity contribution in [1.82, 2.24) is 10.3 Å². The van der Waals surface area contributed by atoms with Gasteiger partial charge in [0.25, 0.3) is 5.91 Å². The summed E-state index contributed by atoms with van der Waals surface area (Å²) in [5.74, 6) is -1.06. The summed E-state index contributed by atoms with van der Waals surface area (Å²) in [4.78, 5) is 40.8. The lowest BCUT2D eigenvalue weighted by Crippen LogP contribution is -2.44. The van der Waals surface area contributed by atoms with Gasteiger partial charge in [-0.15, -0.1) is 0 Å². The van der Waals surface area contributed by atoms with Crippen LogP contribution in [0.25, 0.3) is 10.9 Å². The number of carbonyl (C=O) groups is 2. The lowest BCUT2D eigenvalue weighted by molar-refractivity contribution is -0.187. The molecule has 34 heavy (non-hydrogen) atoms. The maximum atomic E-state index is 13.0. The first-order valence-corrected chi connectivity index (χ1v) is 11.4. The van der Waals surface area contributed by atoms with Gasteiger partial charge in [-0.3, -0.25) is 9.59 Å². The Balaban J connectivity index is 1.52. The summed E-state index contributed by atoms with van der Waals surface area (Å²) >= 11 is 5.91. The molecule has 4 rings (SSSR count). The van der Waals surface area contributed by atoms with Crippen molar-refractivity contribution in [3.05, 3.63) is 81.1 Å². The third-order valence-electron chi connectivity index (χ3n) is 5.45. The molecule has 1 aliphatic heterocycles. The number of benzene rings is 2. The second kappa shape index (κ2) is 11.3. The lowest BCUT2D eigenvalue weighted by atomic mass is 10.0. The van der Waals surface area contributed by atoms with E-state index in [0.717, 1.165) is 11.8 Å². The van der Waals surface area contributed by atoms with Crippen LogP contribution in [-0.4, -0.2) is 49.0 Å². The molecule has 178 valence electrons. The van der Waals surface area contributed by atoms with Crippen molar-refractivity contribution in [2.24, 2.45) is 0 Å². The molecule has 2 heterocycles. The Bertz CT molecular complexity index is 1200. The molecular weight excluding hydrogens is 460 g/mol. The second-order valence-corrected chi connectivity index (χ2v) is 8.36. The summed E-state index contributed by atoms with van der Waals surface area (Å²) in [7, 11) is 0. The molecule has 0 radical (unpaired) electrons. The number of rotatable bonds is 8. The van der Waals surface area contributed by atoms with Gasteiger partial charge in [-0.25, -0.2) is 4.79 Å². The van der Waals surface area contributed by atoms with E-state index in [1.807, 2.05) is 18.2 Å². The maximum Gasteiger partial charge on any atom is 0.328 e. The van der Waals surface area contributed by atoms with Gasteiger partial charge in [0.15, 0.2) is 6.29 Å². The van der Waals surface area contributed by atoms with Crippen molar-refractivity contribution in [2.45, 2.75) is 31.6 Å². The molecule has 1 atom stereocenters. The molecule has 1 saturated heterocycles. The molecule has 9 heteroatoms. The average Bonchev–Trinajstić information content (AvgIpc) is 2.84. The number of hydrogen-bond acceptors (Lipinski definition) is 6. The van der Waals surface area contributed by atoms with Crippen molar-refractivity contribution in [3.8, 4) is 0 Å². The van der Waals surface area contributed by atoms with Crippen LogP contribution < -0.4 is 10.9 Å². The third-order valence-corrected chi connectivity index (χ3v) is 5.70. The highest BCUT2D eigenvalue weighted by atomic mass is 35.5. The van der Waals surface area contributed by atoms with Gasteiger partial charge in [0, 0.05) is 40.4 Å². The van der Waals surface area contributed by atoms with E-state index >= 15 is 0 Å². The number of nitrogens with one attached hydrogen (secondary N) is 2. The Morgan fingerprint density at radius 1 is 1.12 bits per heavy atom. The number of amides is 1. The molecule has 0 bridgehead atoms. The molecule has 2 N–H and O–H groups in total. The number of hydrogen-bond donors (Lipinski definition) is 2. The Morgan fingerprint density at radius 3 is 2.62 bits per heavy atom. The number of pyridine rings is 1. The molecule has 1 aliphatic rings. The molecule has 0 saturated carbocycles. The fourth-order valence-electron chi connectivity index (χ4n) is 3.76. The van der Waals surface area contributed by atoms with E-state index in [1.165, 1.54) is 6.07 Å². The molecular formula is C25H25ClN2O6. The predicted molar refractivity (Wildman–Crippen MR) is 127 cm³/mol. The highest BCUT2D eigenvalue weighted by Gasteiger charge is 2.25. The fourth-order valence-corrected chi connectivity index (χ4v) is 3.89. The first kappa shape index (κ1) is 23.9. The van der Waals surface area contributed by atoms with Gasteiger partial charge in [0.1, 0.15) is 6.04 Å². The van der Waals surface area contributed by atoms with Crippen LogP contribution in [-0.2, 0) is 25.4 Å². The molecule has 2 aromatic carbocycles. The first-order chi connectivity index (χ1) is 16.5. The number of halogens is 1. The zero-order chi connectivity index (χ0) is 23.9. The van der Waals surface area contributed by atoms with E-state index < -0.39 is 24.2 Å². The number of para-hydroxylation sites is 1. The van der Waals surface area contributed by atoms with E-state index in [1.54, 1.807) is 30.3 Å². The minimum Gasteiger partial charge on any atom is -0.464 e. The van der Waals surface area contributed by atoms with Crippen molar-refractivity contribution in [2.75, 3.05) is 19.8 Å². The normalized spacial score (nSPS) is 15.1. The minimum absolute atomic E-state index is 0.0763. The fraction of sp³-hybridized carbons (Fsp3) is 0.320. The molecule has 1 amide bonds. The Hall–Kier alpha value is -3.20. The molecule has 1 unspecified atom stereocenters. The van der Waals surface area contributed by atoms with Crippen molar-refractivity contribution < 1.29 is 23.8 Å². The predicted octanol–water partition coefficient (Wildman–Crippen LogP) is 3.22. The van der Waals surface area contributed by atoms with Crippen LogP contribution in [0.1, 0.15) is 28.8 Å². The van der Waals surface area contributed by atoms with Gasteiger partial charge < -0.3 is 24.5 Å². The quantitative estimate of drug-likeness (QED) is 0.475.